The zero-order valence-electron chi connectivity index (χ0n) is 12.6. The van der Waals surface area contributed by atoms with Crippen LogP contribution in [-0.4, -0.2) is 41.6 Å². The van der Waals surface area contributed by atoms with Crippen LogP contribution in [0.2, 0.25) is 5.02 Å². The maximum absolute atomic E-state index is 12.3. The number of thioether (sulfide) groups is 1. The van der Waals surface area contributed by atoms with E-state index in [1.165, 1.54) is 5.56 Å². The van der Waals surface area contributed by atoms with Crippen molar-refractivity contribution in [1.29, 1.82) is 0 Å². The second kappa shape index (κ2) is 7.95. The third kappa shape index (κ3) is 5.11. The molecule has 1 aromatic carbocycles. The molecule has 1 aromatic rings. The highest BCUT2D eigenvalue weighted by molar-refractivity contribution is 7.99. The molecule has 116 valence electrons. The van der Waals surface area contributed by atoms with Crippen LogP contribution in [0.25, 0.3) is 0 Å². The van der Waals surface area contributed by atoms with Gasteiger partial charge >= 0.3 is 6.03 Å². The average Bonchev–Trinajstić information content (AvgIpc) is 2.49. The van der Waals surface area contributed by atoms with Crippen molar-refractivity contribution in [2.75, 3.05) is 18.6 Å². The van der Waals surface area contributed by atoms with Crippen LogP contribution in [-0.2, 0) is 6.42 Å². The molecule has 1 aliphatic heterocycles. The standard InChI is InChI=1S/C16H23ClN2OS/c1-12(11-13-3-5-14(17)6-4-13)19(2)16(20)18-15-7-9-21-10-8-15/h3-6,12,15H,7-11H2,1-2H3,(H,18,20)/t12-/m1/s1. The van der Waals surface area contributed by atoms with E-state index in [9.17, 15) is 4.79 Å². The van der Waals surface area contributed by atoms with Crippen LogP contribution in [0, 0.1) is 0 Å². The minimum atomic E-state index is 0.0355. The second-order valence-electron chi connectivity index (χ2n) is 5.63. The Labute approximate surface area is 136 Å². The van der Waals surface area contributed by atoms with Crippen molar-refractivity contribution in [3.8, 4) is 0 Å². The van der Waals surface area contributed by atoms with Gasteiger partial charge in [-0.1, -0.05) is 23.7 Å². The molecular formula is C16H23ClN2OS. The summed E-state index contributed by atoms with van der Waals surface area (Å²) in [6.45, 7) is 2.07. The van der Waals surface area contributed by atoms with Crippen LogP contribution in [0.1, 0.15) is 25.3 Å². The first-order valence-corrected chi connectivity index (χ1v) is 8.95. The zero-order chi connectivity index (χ0) is 15.2. The molecule has 1 fully saturated rings. The van der Waals surface area contributed by atoms with Crippen LogP contribution < -0.4 is 5.32 Å². The molecule has 21 heavy (non-hydrogen) atoms. The van der Waals surface area contributed by atoms with Gasteiger partial charge in [-0.3, -0.25) is 0 Å². The molecule has 0 aromatic heterocycles. The summed E-state index contributed by atoms with van der Waals surface area (Å²) in [6.07, 6.45) is 2.99. The van der Waals surface area contributed by atoms with E-state index < -0.39 is 0 Å². The monoisotopic (exact) mass is 326 g/mol. The number of nitrogens with one attached hydrogen (secondary N) is 1. The van der Waals surface area contributed by atoms with E-state index in [4.69, 9.17) is 11.6 Å². The molecule has 2 amide bonds. The summed E-state index contributed by atoms with van der Waals surface area (Å²) in [7, 11) is 1.87. The Balaban J connectivity index is 1.84. The minimum absolute atomic E-state index is 0.0355. The molecule has 2 rings (SSSR count). The Kier molecular flexibility index (Phi) is 6.24. The number of rotatable bonds is 4. The Hall–Kier alpha value is -0.870. The summed E-state index contributed by atoms with van der Waals surface area (Å²) in [4.78, 5) is 14.1. The number of amides is 2. The predicted octanol–water partition coefficient (Wildman–Crippen LogP) is 3.81. The molecule has 1 heterocycles. The number of carbonyl (C=O) groups excluding carboxylic acids is 1. The largest absolute Gasteiger partial charge is 0.335 e. The minimum Gasteiger partial charge on any atom is -0.335 e. The van der Waals surface area contributed by atoms with Crippen LogP contribution in [0.15, 0.2) is 24.3 Å². The number of likely N-dealkylation sites (N-methyl/N-ethyl adjacent to an activating group) is 1. The molecule has 1 saturated heterocycles. The van der Waals surface area contributed by atoms with E-state index in [0.717, 1.165) is 35.8 Å². The molecule has 0 aliphatic carbocycles. The van der Waals surface area contributed by atoms with Gasteiger partial charge in [0.15, 0.2) is 0 Å². The maximum atomic E-state index is 12.3. The first kappa shape index (κ1) is 16.5. The van der Waals surface area contributed by atoms with Crippen molar-refractivity contribution in [1.82, 2.24) is 10.2 Å². The van der Waals surface area contributed by atoms with Gasteiger partial charge in [0.2, 0.25) is 0 Å². The average molecular weight is 327 g/mol. The maximum Gasteiger partial charge on any atom is 0.317 e. The second-order valence-corrected chi connectivity index (χ2v) is 7.29. The molecule has 1 aliphatic rings. The number of nitrogens with zero attached hydrogens (tertiary/aromatic N) is 1. The van der Waals surface area contributed by atoms with Crippen LogP contribution in [0.5, 0.6) is 0 Å². The van der Waals surface area contributed by atoms with E-state index in [-0.39, 0.29) is 12.1 Å². The summed E-state index contributed by atoms with van der Waals surface area (Å²) in [6, 6.07) is 8.35. The number of urea groups is 1. The van der Waals surface area contributed by atoms with Crippen LogP contribution in [0.3, 0.4) is 0 Å². The number of halogens is 1. The first-order chi connectivity index (χ1) is 10.1. The summed E-state index contributed by atoms with van der Waals surface area (Å²) in [5, 5.41) is 3.89. The van der Waals surface area contributed by atoms with E-state index in [0.29, 0.717) is 6.04 Å². The van der Waals surface area contributed by atoms with Gasteiger partial charge in [0.1, 0.15) is 0 Å². The quantitative estimate of drug-likeness (QED) is 0.912. The van der Waals surface area contributed by atoms with Crippen molar-refractivity contribution in [3.63, 3.8) is 0 Å². The highest BCUT2D eigenvalue weighted by Crippen LogP contribution is 2.17. The summed E-state index contributed by atoms with van der Waals surface area (Å²) < 4.78 is 0. The molecule has 0 unspecified atom stereocenters. The van der Waals surface area contributed by atoms with Crippen molar-refractivity contribution >= 4 is 29.4 Å². The van der Waals surface area contributed by atoms with E-state index >= 15 is 0 Å². The molecule has 0 saturated carbocycles. The Bertz CT molecular complexity index is 460. The van der Waals surface area contributed by atoms with Crippen molar-refractivity contribution < 1.29 is 4.79 Å². The van der Waals surface area contributed by atoms with Gasteiger partial charge in [0, 0.05) is 24.2 Å². The number of benzene rings is 1. The smallest absolute Gasteiger partial charge is 0.317 e. The van der Waals surface area contributed by atoms with Gasteiger partial charge < -0.3 is 10.2 Å². The lowest BCUT2D eigenvalue weighted by molar-refractivity contribution is 0.189. The SMILES string of the molecule is C[C@H](Cc1ccc(Cl)cc1)N(C)C(=O)NC1CCSCC1. The molecule has 0 spiro atoms. The van der Waals surface area contributed by atoms with E-state index in [1.807, 2.05) is 43.1 Å². The van der Waals surface area contributed by atoms with Gasteiger partial charge in [-0.05, 0) is 55.4 Å². The van der Waals surface area contributed by atoms with Crippen molar-refractivity contribution in [2.24, 2.45) is 0 Å². The van der Waals surface area contributed by atoms with Gasteiger partial charge in [-0.15, -0.1) is 0 Å². The predicted molar refractivity (Wildman–Crippen MR) is 91.3 cm³/mol. The van der Waals surface area contributed by atoms with Gasteiger partial charge in [0.05, 0.1) is 0 Å². The fourth-order valence-electron chi connectivity index (χ4n) is 2.42. The third-order valence-electron chi connectivity index (χ3n) is 3.97. The molecule has 0 bridgehead atoms. The number of carbonyl (C=O) groups is 1. The Morgan fingerprint density at radius 3 is 2.62 bits per heavy atom. The van der Waals surface area contributed by atoms with Gasteiger partial charge in [0.25, 0.3) is 0 Å². The fraction of sp³-hybridized carbons (Fsp3) is 0.562. The lowest BCUT2D eigenvalue weighted by Gasteiger charge is -2.29. The highest BCUT2D eigenvalue weighted by atomic mass is 35.5. The fourth-order valence-corrected chi connectivity index (χ4v) is 3.65. The van der Waals surface area contributed by atoms with Crippen LogP contribution >= 0.6 is 23.4 Å². The highest BCUT2D eigenvalue weighted by Gasteiger charge is 2.21. The summed E-state index contributed by atoms with van der Waals surface area (Å²) in [5.41, 5.74) is 1.20. The summed E-state index contributed by atoms with van der Waals surface area (Å²) >= 11 is 7.86. The van der Waals surface area contributed by atoms with E-state index in [1.54, 1.807) is 4.90 Å². The van der Waals surface area contributed by atoms with Gasteiger partial charge in [-0.2, -0.15) is 11.8 Å². The Morgan fingerprint density at radius 1 is 1.38 bits per heavy atom. The summed E-state index contributed by atoms with van der Waals surface area (Å²) in [5.74, 6) is 2.30. The molecule has 3 nitrogen and oxygen atoms in total. The first-order valence-electron chi connectivity index (χ1n) is 7.42. The normalized spacial score (nSPS) is 17.3. The molecule has 1 N–H and O–H groups in total. The third-order valence-corrected chi connectivity index (χ3v) is 5.28. The number of hydrogen-bond donors (Lipinski definition) is 1. The number of hydrogen-bond acceptors (Lipinski definition) is 2. The molecule has 5 heteroatoms. The van der Waals surface area contributed by atoms with Crippen molar-refractivity contribution in [2.45, 2.75) is 38.3 Å². The lowest BCUT2D eigenvalue weighted by atomic mass is 10.1. The zero-order valence-corrected chi connectivity index (χ0v) is 14.2. The van der Waals surface area contributed by atoms with Gasteiger partial charge in [-0.25, -0.2) is 4.79 Å². The van der Waals surface area contributed by atoms with Crippen molar-refractivity contribution in [3.05, 3.63) is 34.9 Å². The Morgan fingerprint density at radius 2 is 2.00 bits per heavy atom. The van der Waals surface area contributed by atoms with E-state index in [2.05, 4.69) is 12.2 Å². The molecule has 1 atom stereocenters. The van der Waals surface area contributed by atoms with Crippen LogP contribution in [0.4, 0.5) is 4.79 Å². The molecular weight excluding hydrogens is 304 g/mol. The lowest BCUT2D eigenvalue weighted by Crippen LogP contribution is -2.48. The molecule has 0 radical (unpaired) electrons. The topological polar surface area (TPSA) is 32.3 Å².